The fraction of sp³-hybridized carbons (Fsp3) is 0.357. The van der Waals surface area contributed by atoms with Crippen molar-refractivity contribution in [1.82, 2.24) is 4.98 Å². The van der Waals surface area contributed by atoms with E-state index in [2.05, 4.69) is 11.9 Å². The average molecular weight is 246 g/mol. The number of ether oxygens (including phenoxy) is 1. The van der Waals surface area contributed by atoms with Crippen LogP contribution in [0.15, 0.2) is 34.9 Å². The largest absolute Gasteiger partial charge is 0.493 e. The van der Waals surface area contributed by atoms with E-state index in [0.29, 0.717) is 25.5 Å². The van der Waals surface area contributed by atoms with Crippen molar-refractivity contribution in [3.8, 4) is 5.75 Å². The van der Waals surface area contributed by atoms with Gasteiger partial charge < -0.3 is 14.9 Å². The Morgan fingerprint density at radius 2 is 2.00 bits per heavy atom. The van der Waals surface area contributed by atoms with E-state index in [1.165, 1.54) is 5.56 Å². The molecule has 96 valence electrons. The second kappa shape index (κ2) is 6.21. The molecule has 0 atom stereocenters. The van der Waals surface area contributed by atoms with Crippen LogP contribution in [-0.2, 0) is 12.8 Å². The highest BCUT2D eigenvalue weighted by Crippen LogP contribution is 2.12. The van der Waals surface area contributed by atoms with Crippen LogP contribution in [-0.4, -0.2) is 18.1 Å². The summed E-state index contributed by atoms with van der Waals surface area (Å²) >= 11 is 0. The lowest BCUT2D eigenvalue weighted by molar-refractivity contribution is 0.304. The second-order valence-corrected chi connectivity index (χ2v) is 4.17. The molecule has 2 aromatic rings. The maximum Gasteiger partial charge on any atom is 0.197 e. The Labute approximate surface area is 107 Å². The van der Waals surface area contributed by atoms with Gasteiger partial charge in [0.1, 0.15) is 11.5 Å². The number of aryl methyl sites for hydroxylation is 1. The third kappa shape index (κ3) is 3.60. The first kappa shape index (κ1) is 12.6. The predicted molar refractivity (Wildman–Crippen MR) is 69.6 cm³/mol. The number of aromatic nitrogens is 1. The molecule has 0 saturated heterocycles. The third-order valence-electron chi connectivity index (χ3n) is 2.60. The number of oxazole rings is 1. The SMILES string of the molecule is Cc1ccc(OCCc2ncc(CCN)o2)cc1. The molecule has 0 aliphatic rings. The maximum atomic E-state index is 5.61. The van der Waals surface area contributed by atoms with Crippen molar-refractivity contribution >= 4 is 0 Å². The molecule has 0 fully saturated rings. The maximum absolute atomic E-state index is 5.61. The van der Waals surface area contributed by atoms with Crippen LogP contribution in [0.1, 0.15) is 17.2 Å². The number of rotatable bonds is 6. The van der Waals surface area contributed by atoms with E-state index in [1.54, 1.807) is 6.20 Å². The van der Waals surface area contributed by atoms with Crippen molar-refractivity contribution < 1.29 is 9.15 Å². The van der Waals surface area contributed by atoms with Crippen molar-refractivity contribution in [3.63, 3.8) is 0 Å². The van der Waals surface area contributed by atoms with Crippen LogP contribution in [0, 0.1) is 6.92 Å². The number of hydrogen-bond donors (Lipinski definition) is 1. The number of nitrogens with zero attached hydrogens (tertiary/aromatic N) is 1. The fourth-order valence-electron chi connectivity index (χ4n) is 1.61. The lowest BCUT2D eigenvalue weighted by Crippen LogP contribution is -2.02. The number of nitrogens with two attached hydrogens (primary N) is 1. The van der Waals surface area contributed by atoms with Crippen molar-refractivity contribution in [2.45, 2.75) is 19.8 Å². The molecule has 0 amide bonds. The van der Waals surface area contributed by atoms with E-state index in [4.69, 9.17) is 14.9 Å². The van der Waals surface area contributed by atoms with Crippen LogP contribution < -0.4 is 10.5 Å². The molecule has 0 saturated carbocycles. The lowest BCUT2D eigenvalue weighted by atomic mass is 10.2. The zero-order valence-corrected chi connectivity index (χ0v) is 10.6. The summed E-state index contributed by atoms with van der Waals surface area (Å²) in [5, 5.41) is 0. The Bertz CT molecular complexity index is 477. The summed E-state index contributed by atoms with van der Waals surface area (Å²) in [5.74, 6) is 2.41. The molecule has 4 nitrogen and oxygen atoms in total. The molecular formula is C14H18N2O2. The number of hydrogen-bond acceptors (Lipinski definition) is 4. The average Bonchev–Trinajstić information content (AvgIpc) is 2.80. The molecule has 2 N–H and O–H groups in total. The normalized spacial score (nSPS) is 10.6. The van der Waals surface area contributed by atoms with Gasteiger partial charge in [0.2, 0.25) is 0 Å². The lowest BCUT2D eigenvalue weighted by Gasteiger charge is -2.04. The summed E-state index contributed by atoms with van der Waals surface area (Å²) in [6.45, 7) is 3.19. The van der Waals surface area contributed by atoms with Crippen LogP contribution in [0.4, 0.5) is 0 Å². The summed E-state index contributed by atoms with van der Waals surface area (Å²) in [7, 11) is 0. The molecule has 0 aliphatic carbocycles. The summed E-state index contributed by atoms with van der Waals surface area (Å²) in [6.07, 6.45) is 3.12. The van der Waals surface area contributed by atoms with Gasteiger partial charge in [-0.1, -0.05) is 17.7 Å². The van der Waals surface area contributed by atoms with Crippen LogP contribution in [0.2, 0.25) is 0 Å². The van der Waals surface area contributed by atoms with Crippen LogP contribution in [0.3, 0.4) is 0 Å². The summed E-state index contributed by atoms with van der Waals surface area (Å²) < 4.78 is 11.1. The van der Waals surface area contributed by atoms with Gasteiger partial charge in [0.05, 0.1) is 19.2 Å². The van der Waals surface area contributed by atoms with E-state index < -0.39 is 0 Å². The van der Waals surface area contributed by atoms with Crippen LogP contribution in [0.25, 0.3) is 0 Å². The van der Waals surface area contributed by atoms with E-state index in [1.807, 2.05) is 24.3 Å². The Morgan fingerprint density at radius 3 is 2.72 bits per heavy atom. The molecule has 0 radical (unpaired) electrons. The highest BCUT2D eigenvalue weighted by Gasteiger charge is 2.03. The Morgan fingerprint density at radius 1 is 1.22 bits per heavy atom. The topological polar surface area (TPSA) is 61.3 Å². The Balaban J connectivity index is 1.79. The van der Waals surface area contributed by atoms with E-state index in [0.717, 1.165) is 17.9 Å². The van der Waals surface area contributed by atoms with Gasteiger partial charge in [-0.3, -0.25) is 0 Å². The minimum absolute atomic E-state index is 0.561. The second-order valence-electron chi connectivity index (χ2n) is 4.17. The first-order valence-corrected chi connectivity index (χ1v) is 6.11. The van der Waals surface area contributed by atoms with Gasteiger partial charge in [0.25, 0.3) is 0 Å². The van der Waals surface area contributed by atoms with E-state index >= 15 is 0 Å². The summed E-state index contributed by atoms with van der Waals surface area (Å²) in [4.78, 5) is 4.18. The van der Waals surface area contributed by atoms with Crippen molar-refractivity contribution in [2.24, 2.45) is 5.73 Å². The quantitative estimate of drug-likeness (QED) is 0.848. The van der Waals surface area contributed by atoms with Crippen molar-refractivity contribution in [2.75, 3.05) is 13.2 Å². The highest BCUT2D eigenvalue weighted by molar-refractivity contribution is 5.26. The van der Waals surface area contributed by atoms with Gasteiger partial charge >= 0.3 is 0 Å². The minimum Gasteiger partial charge on any atom is -0.493 e. The molecule has 0 bridgehead atoms. The first-order valence-electron chi connectivity index (χ1n) is 6.11. The smallest absolute Gasteiger partial charge is 0.197 e. The molecule has 18 heavy (non-hydrogen) atoms. The van der Waals surface area contributed by atoms with Crippen molar-refractivity contribution in [1.29, 1.82) is 0 Å². The van der Waals surface area contributed by atoms with Gasteiger partial charge in [-0.25, -0.2) is 4.98 Å². The molecule has 1 heterocycles. The molecule has 0 aliphatic heterocycles. The van der Waals surface area contributed by atoms with Gasteiger partial charge in [-0.15, -0.1) is 0 Å². The highest BCUT2D eigenvalue weighted by atomic mass is 16.5. The molecular weight excluding hydrogens is 228 g/mol. The van der Waals surface area contributed by atoms with Gasteiger partial charge in [0, 0.05) is 6.42 Å². The summed E-state index contributed by atoms with van der Waals surface area (Å²) in [6, 6.07) is 7.98. The van der Waals surface area contributed by atoms with E-state index in [-0.39, 0.29) is 0 Å². The monoisotopic (exact) mass is 246 g/mol. The predicted octanol–water partition coefficient (Wildman–Crippen LogP) is 2.11. The van der Waals surface area contributed by atoms with Crippen LogP contribution >= 0.6 is 0 Å². The molecule has 4 heteroatoms. The van der Waals surface area contributed by atoms with Gasteiger partial charge in [-0.05, 0) is 25.6 Å². The zero-order chi connectivity index (χ0) is 12.8. The standard InChI is InChI=1S/C14H18N2O2/c1-11-2-4-12(5-3-11)17-9-7-14-16-10-13(18-14)6-8-15/h2-5,10H,6-9,15H2,1H3. The van der Waals surface area contributed by atoms with Crippen LogP contribution in [0.5, 0.6) is 5.75 Å². The molecule has 2 rings (SSSR count). The molecule has 1 aromatic heterocycles. The third-order valence-corrected chi connectivity index (χ3v) is 2.60. The van der Waals surface area contributed by atoms with Crippen molar-refractivity contribution in [3.05, 3.63) is 47.7 Å². The molecule has 1 aromatic carbocycles. The number of benzene rings is 1. The summed E-state index contributed by atoms with van der Waals surface area (Å²) in [5.41, 5.74) is 6.67. The molecule has 0 spiro atoms. The Hall–Kier alpha value is -1.81. The minimum atomic E-state index is 0.561. The first-order chi connectivity index (χ1) is 8.78. The zero-order valence-electron chi connectivity index (χ0n) is 10.6. The Kier molecular flexibility index (Phi) is 4.36. The molecule has 0 unspecified atom stereocenters. The fourth-order valence-corrected chi connectivity index (χ4v) is 1.61. The van der Waals surface area contributed by atoms with Gasteiger partial charge in [-0.2, -0.15) is 0 Å². The van der Waals surface area contributed by atoms with Gasteiger partial charge in [0.15, 0.2) is 5.89 Å². The van der Waals surface area contributed by atoms with E-state index in [9.17, 15) is 0 Å².